The van der Waals surface area contributed by atoms with Gasteiger partial charge >= 0.3 is 0 Å². The van der Waals surface area contributed by atoms with Crippen molar-refractivity contribution < 1.29 is 4.74 Å². The number of fused-ring (bicyclic) bond motifs is 1. The van der Waals surface area contributed by atoms with Crippen LogP contribution in [0, 0.1) is 0 Å². The fourth-order valence-corrected chi connectivity index (χ4v) is 3.92. The molecule has 1 aromatic carbocycles. The minimum Gasteiger partial charge on any atom is -0.493 e. The Labute approximate surface area is 115 Å². The number of hydrogen-bond acceptors (Lipinski definition) is 2. The van der Waals surface area contributed by atoms with Crippen molar-refractivity contribution in [3.05, 3.63) is 29.3 Å². The van der Waals surface area contributed by atoms with Gasteiger partial charge in [0.2, 0.25) is 0 Å². The summed E-state index contributed by atoms with van der Waals surface area (Å²) in [7, 11) is 0. The van der Waals surface area contributed by atoms with Crippen LogP contribution in [0.2, 0.25) is 0 Å². The first-order valence-corrected chi connectivity index (χ1v) is 7.90. The first-order chi connectivity index (χ1) is 9.40. The molecular formula is C17H23NO. The fraction of sp³-hybridized carbons (Fsp3) is 0.647. The molecule has 1 aromatic rings. The van der Waals surface area contributed by atoms with Gasteiger partial charge in [0.05, 0.1) is 6.61 Å². The molecule has 102 valence electrons. The maximum Gasteiger partial charge on any atom is 0.122 e. The highest BCUT2D eigenvalue weighted by Gasteiger charge is 2.29. The van der Waals surface area contributed by atoms with E-state index >= 15 is 0 Å². The van der Waals surface area contributed by atoms with Crippen LogP contribution < -0.4 is 4.74 Å². The van der Waals surface area contributed by atoms with Gasteiger partial charge < -0.3 is 9.64 Å². The molecule has 1 aliphatic carbocycles. The summed E-state index contributed by atoms with van der Waals surface area (Å²) in [6.07, 6.45) is 8.02. The van der Waals surface area contributed by atoms with E-state index in [0.717, 1.165) is 30.7 Å². The van der Waals surface area contributed by atoms with Gasteiger partial charge in [0.15, 0.2) is 0 Å². The minimum absolute atomic E-state index is 0.770. The van der Waals surface area contributed by atoms with Crippen molar-refractivity contribution >= 4 is 0 Å². The third-order valence-electron chi connectivity index (χ3n) is 5.30. The second kappa shape index (κ2) is 4.82. The second-order valence-corrected chi connectivity index (χ2v) is 6.36. The lowest BCUT2D eigenvalue weighted by molar-refractivity contribution is 0.0869. The van der Waals surface area contributed by atoms with Gasteiger partial charge in [-0.1, -0.05) is 12.1 Å². The van der Waals surface area contributed by atoms with E-state index < -0.39 is 0 Å². The highest BCUT2D eigenvalue weighted by atomic mass is 16.5. The number of nitrogens with zero attached hydrogens (tertiary/aromatic N) is 1. The van der Waals surface area contributed by atoms with Crippen molar-refractivity contribution in [1.29, 1.82) is 0 Å². The van der Waals surface area contributed by atoms with Gasteiger partial charge in [-0.05, 0) is 68.3 Å². The molecule has 0 unspecified atom stereocenters. The van der Waals surface area contributed by atoms with Crippen LogP contribution in [0.5, 0.6) is 5.75 Å². The molecule has 0 radical (unpaired) electrons. The van der Waals surface area contributed by atoms with Gasteiger partial charge in [0, 0.05) is 12.5 Å². The monoisotopic (exact) mass is 257 g/mol. The van der Waals surface area contributed by atoms with Crippen LogP contribution in [0.4, 0.5) is 0 Å². The van der Waals surface area contributed by atoms with E-state index in [2.05, 4.69) is 23.1 Å². The molecule has 4 rings (SSSR count). The molecule has 0 spiro atoms. The average molecular weight is 257 g/mol. The largest absolute Gasteiger partial charge is 0.493 e. The van der Waals surface area contributed by atoms with Crippen molar-refractivity contribution in [2.45, 2.75) is 50.5 Å². The number of hydrogen-bond donors (Lipinski definition) is 0. The maximum absolute atomic E-state index is 5.71. The van der Waals surface area contributed by atoms with Crippen LogP contribution in [0.15, 0.2) is 18.2 Å². The van der Waals surface area contributed by atoms with Crippen LogP contribution in [0.25, 0.3) is 0 Å². The Kier molecular flexibility index (Phi) is 2.99. The van der Waals surface area contributed by atoms with E-state index in [0.29, 0.717) is 0 Å². The smallest absolute Gasteiger partial charge is 0.122 e. The Morgan fingerprint density at radius 3 is 2.63 bits per heavy atom. The lowest BCUT2D eigenvalue weighted by atomic mass is 9.80. The molecule has 2 heteroatoms. The highest BCUT2D eigenvalue weighted by Crippen LogP contribution is 2.38. The SMILES string of the molecule is c1cc2c(cc1C1CCC(N3CCC3)CC1)OCC2. The Hall–Kier alpha value is -1.02. The van der Waals surface area contributed by atoms with Gasteiger partial charge in [-0.25, -0.2) is 0 Å². The molecule has 0 atom stereocenters. The number of benzene rings is 1. The third kappa shape index (κ3) is 2.16. The summed E-state index contributed by atoms with van der Waals surface area (Å²) in [6, 6.07) is 7.84. The Balaban J connectivity index is 1.43. The van der Waals surface area contributed by atoms with Gasteiger partial charge in [0.1, 0.15) is 5.75 Å². The van der Waals surface area contributed by atoms with E-state index in [1.807, 2.05) is 0 Å². The minimum atomic E-state index is 0.770. The van der Waals surface area contributed by atoms with E-state index in [-0.39, 0.29) is 0 Å². The summed E-state index contributed by atoms with van der Waals surface area (Å²) < 4.78 is 5.71. The van der Waals surface area contributed by atoms with Crippen molar-refractivity contribution in [3.63, 3.8) is 0 Å². The van der Waals surface area contributed by atoms with Crippen molar-refractivity contribution in [2.24, 2.45) is 0 Å². The Morgan fingerprint density at radius 1 is 1.05 bits per heavy atom. The zero-order chi connectivity index (χ0) is 12.7. The molecule has 2 aliphatic heterocycles. The van der Waals surface area contributed by atoms with Crippen molar-refractivity contribution in [2.75, 3.05) is 19.7 Å². The maximum atomic E-state index is 5.71. The summed E-state index contributed by atoms with van der Waals surface area (Å²) in [4.78, 5) is 2.68. The van der Waals surface area contributed by atoms with Crippen LogP contribution in [0.3, 0.4) is 0 Å². The molecule has 1 saturated carbocycles. The lowest BCUT2D eigenvalue weighted by Crippen LogP contribution is -2.46. The predicted octanol–water partition coefficient (Wildman–Crippen LogP) is 3.35. The molecule has 1 saturated heterocycles. The van der Waals surface area contributed by atoms with Gasteiger partial charge in [-0.15, -0.1) is 0 Å². The first kappa shape index (κ1) is 11.8. The van der Waals surface area contributed by atoms with E-state index in [4.69, 9.17) is 4.74 Å². The molecule has 2 heterocycles. The topological polar surface area (TPSA) is 12.5 Å². The molecule has 2 fully saturated rings. The zero-order valence-electron chi connectivity index (χ0n) is 11.6. The Morgan fingerprint density at radius 2 is 1.89 bits per heavy atom. The lowest BCUT2D eigenvalue weighted by Gasteiger charge is -2.42. The van der Waals surface area contributed by atoms with Crippen LogP contribution >= 0.6 is 0 Å². The summed E-state index contributed by atoms with van der Waals surface area (Å²) >= 11 is 0. The molecule has 2 nitrogen and oxygen atoms in total. The molecule has 0 N–H and O–H groups in total. The summed E-state index contributed by atoms with van der Waals surface area (Å²) in [5.74, 6) is 1.93. The van der Waals surface area contributed by atoms with Crippen molar-refractivity contribution in [3.8, 4) is 5.75 Å². The summed E-state index contributed by atoms with van der Waals surface area (Å²) in [6.45, 7) is 3.57. The van der Waals surface area contributed by atoms with E-state index in [1.165, 1.54) is 56.3 Å². The number of ether oxygens (including phenoxy) is 1. The van der Waals surface area contributed by atoms with E-state index in [1.54, 1.807) is 0 Å². The molecule has 3 aliphatic rings. The van der Waals surface area contributed by atoms with Crippen LogP contribution in [0.1, 0.15) is 49.1 Å². The quantitative estimate of drug-likeness (QED) is 0.805. The first-order valence-electron chi connectivity index (χ1n) is 7.90. The normalized spacial score (nSPS) is 30.5. The van der Waals surface area contributed by atoms with Crippen molar-refractivity contribution in [1.82, 2.24) is 4.90 Å². The Bertz CT molecular complexity index is 458. The summed E-state index contributed by atoms with van der Waals surface area (Å²) in [5, 5.41) is 0. The number of rotatable bonds is 2. The molecular weight excluding hydrogens is 234 g/mol. The van der Waals surface area contributed by atoms with Crippen LogP contribution in [-0.2, 0) is 6.42 Å². The van der Waals surface area contributed by atoms with Gasteiger partial charge in [0.25, 0.3) is 0 Å². The third-order valence-corrected chi connectivity index (χ3v) is 5.30. The summed E-state index contributed by atoms with van der Waals surface area (Å²) in [5.41, 5.74) is 2.92. The van der Waals surface area contributed by atoms with Gasteiger partial charge in [-0.2, -0.15) is 0 Å². The highest BCUT2D eigenvalue weighted by molar-refractivity contribution is 5.41. The molecule has 0 amide bonds. The molecule has 0 bridgehead atoms. The fourth-order valence-electron chi connectivity index (χ4n) is 3.92. The molecule has 19 heavy (non-hydrogen) atoms. The number of likely N-dealkylation sites (tertiary alicyclic amines) is 1. The predicted molar refractivity (Wildman–Crippen MR) is 76.8 cm³/mol. The standard InChI is InChI=1S/C17H23NO/c1-9-18(10-1)16-6-4-13(5-7-16)15-3-2-14-8-11-19-17(14)12-15/h2-3,12-13,16H,1,4-11H2. The van der Waals surface area contributed by atoms with E-state index in [9.17, 15) is 0 Å². The average Bonchev–Trinajstić information content (AvgIpc) is 2.85. The van der Waals surface area contributed by atoms with Gasteiger partial charge in [-0.3, -0.25) is 0 Å². The van der Waals surface area contributed by atoms with Crippen LogP contribution in [-0.4, -0.2) is 30.6 Å². The molecule has 0 aromatic heterocycles. The second-order valence-electron chi connectivity index (χ2n) is 6.36. The zero-order valence-corrected chi connectivity index (χ0v) is 11.6.